The molecule has 0 aliphatic rings. The third-order valence-electron chi connectivity index (χ3n) is 2.69. The van der Waals surface area contributed by atoms with Gasteiger partial charge in [0.05, 0.1) is 10.9 Å². The summed E-state index contributed by atoms with van der Waals surface area (Å²) in [6.07, 6.45) is 0.276. The number of amides is 1. The molecule has 2 aromatic carbocycles. The third kappa shape index (κ3) is 3.89. The first-order chi connectivity index (χ1) is 9.04. The second kappa shape index (κ2) is 5.97. The monoisotopic (exact) mass is 321 g/mol. The second-order valence-electron chi connectivity index (χ2n) is 4.34. The Balaban J connectivity index is 2.01. The molecule has 0 atom stereocenters. The van der Waals surface area contributed by atoms with E-state index in [1.165, 1.54) is 6.07 Å². The van der Waals surface area contributed by atoms with Crippen molar-refractivity contribution in [2.24, 2.45) is 0 Å². The molecule has 0 fully saturated rings. The minimum absolute atomic E-state index is 0.162. The van der Waals surface area contributed by atoms with Crippen LogP contribution in [0.3, 0.4) is 0 Å². The fraction of sp³-hybridized carbons (Fsp3) is 0.133. The molecule has 1 N–H and O–H groups in total. The fourth-order valence-electron chi connectivity index (χ4n) is 1.67. The van der Waals surface area contributed by atoms with E-state index < -0.39 is 5.82 Å². The highest BCUT2D eigenvalue weighted by Gasteiger charge is 2.06. The summed E-state index contributed by atoms with van der Waals surface area (Å²) < 4.78 is 13.7. The molecule has 0 bridgehead atoms. The van der Waals surface area contributed by atoms with Gasteiger partial charge in [0.15, 0.2) is 0 Å². The number of anilines is 1. The van der Waals surface area contributed by atoms with Gasteiger partial charge in [-0.15, -0.1) is 0 Å². The molecule has 19 heavy (non-hydrogen) atoms. The van der Waals surface area contributed by atoms with Crippen molar-refractivity contribution in [3.63, 3.8) is 0 Å². The number of hydrogen-bond acceptors (Lipinski definition) is 1. The van der Waals surface area contributed by atoms with Crippen molar-refractivity contribution in [1.29, 1.82) is 0 Å². The molecule has 0 saturated heterocycles. The van der Waals surface area contributed by atoms with Gasteiger partial charge >= 0.3 is 0 Å². The lowest BCUT2D eigenvalue weighted by molar-refractivity contribution is -0.115. The second-order valence-corrected chi connectivity index (χ2v) is 5.19. The number of nitrogens with one attached hydrogen (secondary N) is 1. The van der Waals surface area contributed by atoms with E-state index in [1.807, 2.05) is 31.2 Å². The molecule has 0 saturated carbocycles. The Morgan fingerprint density at radius 1 is 1.21 bits per heavy atom. The Bertz CT molecular complexity index is 596. The van der Waals surface area contributed by atoms with Crippen LogP contribution in [0.1, 0.15) is 11.1 Å². The highest BCUT2D eigenvalue weighted by molar-refractivity contribution is 9.10. The zero-order valence-electron chi connectivity index (χ0n) is 10.4. The number of benzene rings is 2. The van der Waals surface area contributed by atoms with Crippen molar-refractivity contribution in [1.82, 2.24) is 0 Å². The smallest absolute Gasteiger partial charge is 0.228 e. The van der Waals surface area contributed by atoms with Gasteiger partial charge in [-0.2, -0.15) is 0 Å². The van der Waals surface area contributed by atoms with Gasteiger partial charge in [0.25, 0.3) is 0 Å². The molecule has 0 radical (unpaired) electrons. The van der Waals surface area contributed by atoms with Gasteiger partial charge in [0.2, 0.25) is 5.91 Å². The van der Waals surface area contributed by atoms with E-state index in [-0.39, 0.29) is 12.3 Å². The van der Waals surface area contributed by atoms with Crippen LogP contribution in [0.25, 0.3) is 0 Å². The fourth-order valence-corrected chi connectivity index (χ4v) is 1.92. The van der Waals surface area contributed by atoms with Crippen LogP contribution in [0.2, 0.25) is 0 Å². The predicted octanol–water partition coefficient (Wildman–Crippen LogP) is 4.08. The van der Waals surface area contributed by atoms with Crippen LogP contribution in [-0.4, -0.2) is 5.91 Å². The van der Waals surface area contributed by atoms with Crippen LogP contribution < -0.4 is 5.32 Å². The summed E-state index contributed by atoms with van der Waals surface area (Å²) >= 11 is 3.07. The van der Waals surface area contributed by atoms with Gasteiger partial charge in [0, 0.05) is 5.69 Å². The van der Waals surface area contributed by atoms with E-state index in [4.69, 9.17) is 0 Å². The summed E-state index contributed by atoms with van der Waals surface area (Å²) in [6.45, 7) is 1.99. The topological polar surface area (TPSA) is 29.1 Å². The molecule has 2 aromatic rings. The van der Waals surface area contributed by atoms with E-state index in [0.29, 0.717) is 10.2 Å². The van der Waals surface area contributed by atoms with Gasteiger partial charge in [0.1, 0.15) is 5.82 Å². The zero-order valence-corrected chi connectivity index (χ0v) is 12.0. The SMILES string of the molecule is Cc1ccc(CC(=O)Nc2ccc(Br)c(F)c2)cc1. The normalized spacial score (nSPS) is 10.3. The zero-order chi connectivity index (χ0) is 13.8. The van der Waals surface area contributed by atoms with Crippen LogP contribution in [0, 0.1) is 12.7 Å². The predicted molar refractivity (Wildman–Crippen MR) is 77.6 cm³/mol. The van der Waals surface area contributed by atoms with E-state index in [9.17, 15) is 9.18 Å². The number of carbonyl (C=O) groups excluding carboxylic acids is 1. The van der Waals surface area contributed by atoms with Gasteiger partial charge in [-0.3, -0.25) is 4.79 Å². The van der Waals surface area contributed by atoms with E-state index in [1.54, 1.807) is 12.1 Å². The quantitative estimate of drug-likeness (QED) is 0.906. The molecule has 4 heteroatoms. The summed E-state index contributed by atoms with van der Waals surface area (Å²) in [5, 5.41) is 2.67. The number of carbonyl (C=O) groups is 1. The van der Waals surface area contributed by atoms with Crippen LogP contribution in [0.4, 0.5) is 10.1 Å². The molecule has 0 heterocycles. The Morgan fingerprint density at radius 2 is 1.89 bits per heavy atom. The first-order valence-corrected chi connectivity index (χ1v) is 6.64. The molecule has 98 valence electrons. The molecule has 0 aliphatic heterocycles. The Morgan fingerprint density at radius 3 is 2.53 bits per heavy atom. The summed E-state index contributed by atoms with van der Waals surface area (Å²) in [6, 6.07) is 12.3. The standard InChI is InChI=1S/C15H13BrFNO/c1-10-2-4-11(5-3-10)8-15(19)18-12-6-7-13(16)14(17)9-12/h2-7,9H,8H2,1H3,(H,18,19). The van der Waals surface area contributed by atoms with Crippen LogP contribution in [0.15, 0.2) is 46.9 Å². The van der Waals surface area contributed by atoms with Crippen LogP contribution >= 0.6 is 15.9 Å². The Labute approximate surface area is 119 Å². The van der Waals surface area contributed by atoms with E-state index in [2.05, 4.69) is 21.2 Å². The maximum atomic E-state index is 13.3. The summed E-state index contributed by atoms with van der Waals surface area (Å²) in [7, 11) is 0. The van der Waals surface area contributed by atoms with Crippen molar-refractivity contribution < 1.29 is 9.18 Å². The van der Waals surface area contributed by atoms with Gasteiger partial charge in [-0.25, -0.2) is 4.39 Å². The highest BCUT2D eigenvalue weighted by Crippen LogP contribution is 2.19. The molecule has 0 unspecified atom stereocenters. The van der Waals surface area contributed by atoms with Crippen molar-refractivity contribution in [3.05, 3.63) is 63.9 Å². The summed E-state index contributed by atoms with van der Waals surface area (Å²) in [4.78, 5) is 11.8. The van der Waals surface area contributed by atoms with Crippen LogP contribution in [0.5, 0.6) is 0 Å². The average molecular weight is 322 g/mol. The molecular formula is C15H13BrFNO. The Kier molecular flexibility index (Phi) is 4.32. The number of aryl methyl sites for hydroxylation is 1. The molecule has 2 nitrogen and oxygen atoms in total. The highest BCUT2D eigenvalue weighted by atomic mass is 79.9. The first-order valence-electron chi connectivity index (χ1n) is 5.85. The molecule has 2 rings (SSSR count). The largest absolute Gasteiger partial charge is 0.326 e. The first kappa shape index (κ1) is 13.7. The average Bonchev–Trinajstić information content (AvgIpc) is 2.37. The molecule has 0 aromatic heterocycles. The minimum atomic E-state index is -0.395. The van der Waals surface area contributed by atoms with Crippen molar-refractivity contribution >= 4 is 27.5 Å². The van der Waals surface area contributed by atoms with Crippen molar-refractivity contribution in [2.45, 2.75) is 13.3 Å². The lowest BCUT2D eigenvalue weighted by atomic mass is 10.1. The lowest BCUT2D eigenvalue weighted by Gasteiger charge is -2.06. The van der Waals surface area contributed by atoms with Crippen molar-refractivity contribution in [3.8, 4) is 0 Å². The third-order valence-corrected chi connectivity index (χ3v) is 3.33. The number of rotatable bonds is 3. The van der Waals surface area contributed by atoms with Crippen molar-refractivity contribution in [2.75, 3.05) is 5.32 Å². The summed E-state index contributed by atoms with van der Waals surface area (Å²) in [5.74, 6) is -0.557. The molecule has 1 amide bonds. The van der Waals surface area contributed by atoms with Crippen LogP contribution in [-0.2, 0) is 11.2 Å². The summed E-state index contributed by atoms with van der Waals surface area (Å²) in [5.41, 5.74) is 2.54. The number of halogens is 2. The number of hydrogen-bond donors (Lipinski definition) is 1. The van der Waals surface area contributed by atoms with Gasteiger partial charge in [-0.05, 0) is 46.6 Å². The van der Waals surface area contributed by atoms with Gasteiger partial charge < -0.3 is 5.32 Å². The lowest BCUT2D eigenvalue weighted by Crippen LogP contribution is -2.14. The molecule has 0 aliphatic carbocycles. The molecule has 0 spiro atoms. The van der Waals surface area contributed by atoms with E-state index in [0.717, 1.165) is 11.1 Å². The Hall–Kier alpha value is -1.68. The maximum Gasteiger partial charge on any atom is 0.228 e. The minimum Gasteiger partial charge on any atom is -0.326 e. The van der Waals surface area contributed by atoms with Gasteiger partial charge in [-0.1, -0.05) is 29.8 Å². The van der Waals surface area contributed by atoms with E-state index >= 15 is 0 Å². The molecular weight excluding hydrogens is 309 g/mol. The maximum absolute atomic E-state index is 13.3.